The number of carbonyl (C=O) groups is 1. The maximum atomic E-state index is 11.3. The van der Waals surface area contributed by atoms with Crippen molar-refractivity contribution in [3.63, 3.8) is 0 Å². The highest BCUT2D eigenvalue weighted by Gasteiger charge is 2.14. The van der Waals surface area contributed by atoms with Crippen LogP contribution in [0.5, 0.6) is 0 Å². The van der Waals surface area contributed by atoms with Gasteiger partial charge in [-0.2, -0.15) is 0 Å². The summed E-state index contributed by atoms with van der Waals surface area (Å²) in [7, 11) is 0. The molecular formula is C12H17NO2. The van der Waals surface area contributed by atoms with Crippen molar-refractivity contribution in [2.24, 2.45) is 5.73 Å². The van der Waals surface area contributed by atoms with Gasteiger partial charge in [0, 0.05) is 5.92 Å². The largest absolute Gasteiger partial charge is 0.466 e. The first-order chi connectivity index (χ1) is 7.27. The van der Waals surface area contributed by atoms with Crippen molar-refractivity contribution in [1.29, 1.82) is 0 Å². The molecule has 0 amide bonds. The summed E-state index contributed by atoms with van der Waals surface area (Å²) in [5.41, 5.74) is 6.73. The molecule has 0 aromatic heterocycles. The summed E-state index contributed by atoms with van der Waals surface area (Å²) < 4.78 is 4.90. The zero-order chi connectivity index (χ0) is 11.1. The van der Waals surface area contributed by atoms with Crippen LogP contribution in [0.4, 0.5) is 0 Å². The van der Waals surface area contributed by atoms with E-state index in [0.29, 0.717) is 19.6 Å². The zero-order valence-electron chi connectivity index (χ0n) is 8.98. The van der Waals surface area contributed by atoms with Gasteiger partial charge in [-0.1, -0.05) is 30.3 Å². The molecule has 0 fully saturated rings. The van der Waals surface area contributed by atoms with Crippen LogP contribution in [-0.2, 0) is 9.53 Å². The first-order valence-corrected chi connectivity index (χ1v) is 5.18. The number of hydrogen-bond acceptors (Lipinski definition) is 3. The van der Waals surface area contributed by atoms with Gasteiger partial charge in [0.1, 0.15) is 0 Å². The van der Waals surface area contributed by atoms with Gasteiger partial charge in [0.25, 0.3) is 0 Å². The first-order valence-electron chi connectivity index (χ1n) is 5.18. The molecule has 0 spiro atoms. The maximum absolute atomic E-state index is 11.3. The van der Waals surface area contributed by atoms with Crippen molar-refractivity contribution >= 4 is 5.97 Å². The Labute approximate surface area is 90.2 Å². The lowest BCUT2D eigenvalue weighted by molar-refractivity contribution is -0.143. The first kappa shape index (κ1) is 11.7. The minimum Gasteiger partial charge on any atom is -0.466 e. The van der Waals surface area contributed by atoms with Crippen LogP contribution in [0.2, 0.25) is 0 Å². The summed E-state index contributed by atoms with van der Waals surface area (Å²) in [5.74, 6) is -0.123. The summed E-state index contributed by atoms with van der Waals surface area (Å²) in [6.07, 6.45) is 0.356. The molecule has 0 saturated heterocycles. The second kappa shape index (κ2) is 6.19. The van der Waals surface area contributed by atoms with Gasteiger partial charge in [-0.15, -0.1) is 0 Å². The fourth-order valence-corrected chi connectivity index (χ4v) is 1.48. The van der Waals surface area contributed by atoms with Gasteiger partial charge in [0.15, 0.2) is 0 Å². The average Bonchev–Trinajstić information content (AvgIpc) is 2.27. The summed E-state index contributed by atoms with van der Waals surface area (Å²) in [6.45, 7) is 2.69. The molecule has 1 aromatic carbocycles. The third-order valence-electron chi connectivity index (χ3n) is 2.27. The predicted molar refractivity (Wildman–Crippen MR) is 59.5 cm³/mol. The predicted octanol–water partition coefficient (Wildman–Crippen LogP) is 1.68. The highest BCUT2D eigenvalue weighted by Crippen LogP contribution is 2.18. The Kier molecular flexibility index (Phi) is 4.84. The second-order valence-electron chi connectivity index (χ2n) is 3.35. The van der Waals surface area contributed by atoms with E-state index in [2.05, 4.69) is 0 Å². The normalized spacial score (nSPS) is 12.1. The Morgan fingerprint density at radius 2 is 2.07 bits per heavy atom. The van der Waals surface area contributed by atoms with Crippen molar-refractivity contribution in [2.75, 3.05) is 13.2 Å². The number of hydrogen-bond donors (Lipinski definition) is 1. The standard InChI is InChI=1S/C12H17NO2/c1-2-15-12(14)8-11(9-13)10-6-4-3-5-7-10/h3-7,11H,2,8-9,13H2,1H3/t11-/m1/s1. The van der Waals surface area contributed by atoms with Gasteiger partial charge in [-0.25, -0.2) is 0 Å². The summed E-state index contributed by atoms with van der Waals surface area (Å²) in [4.78, 5) is 11.3. The Morgan fingerprint density at radius 1 is 1.40 bits per heavy atom. The molecular weight excluding hydrogens is 190 g/mol. The van der Waals surface area contributed by atoms with Gasteiger partial charge in [0.05, 0.1) is 13.0 Å². The van der Waals surface area contributed by atoms with Crippen LogP contribution >= 0.6 is 0 Å². The molecule has 0 heterocycles. The zero-order valence-corrected chi connectivity index (χ0v) is 8.98. The van der Waals surface area contributed by atoms with E-state index in [0.717, 1.165) is 5.56 Å². The van der Waals surface area contributed by atoms with Gasteiger partial charge in [-0.3, -0.25) is 4.79 Å². The Bertz CT molecular complexity index is 298. The van der Waals surface area contributed by atoms with E-state index in [1.165, 1.54) is 0 Å². The molecule has 0 aliphatic heterocycles. The lowest BCUT2D eigenvalue weighted by Gasteiger charge is -2.13. The van der Waals surface area contributed by atoms with Crippen molar-refractivity contribution in [2.45, 2.75) is 19.3 Å². The molecule has 0 saturated carbocycles. The molecule has 3 heteroatoms. The molecule has 1 aromatic rings. The van der Waals surface area contributed by atoms with E-state index >= 15 is 0 Å². The van der Waals surface area contributed by atoms with Crippen molar-refractivity contribution in [3.05, 3.63) is 35.9 Å². The molecule has 15 heavy (non-hydrogen) atoms. The average molecular weight is 207 g/mol. The van der Waals surface area contributed by atoms with Crippen LogP contribution in [0.3, 0.4) is 0 Å². The molecule has 0 aliphatic carbocycles. The third-order valence-corrected chi connectivity index (χ3v) is 2.27. The highest BCUT2D eigenvalue weighted by atomic mass is 16.5. The summed E-state index contributed by atoms with van der Waals surface area (Å²) in [6, 6.07) is 9.81. The van der Waals surface area contributed by atoms with Gasteiger partial charge >= 0.3 is 5.97 Å². The van der Waals surface area contributed by atoms with Gasteiger partial charge in [0.2, 0.25) is 0 Å². The molecule has 1 atom stereocenters. The quantitative estimate of drug-likeness (QED) is 0.747. The minimum absolute atomic E-state index is 0.0604. The molecule has 0 radical (unpaired) electrons. The fraction of sp³-hybridized carbons (Fsp3) is 0.417. The maximum Gasteiger partial charge on any atom is 0.306 e. The van der Waals surface area contributed by atoms with E-state index in [1.54, 1.807) is 6.92 Å². The topological polar surface area (TPSA) is 52.3 Å². The number of ether oxygens (including phenoxy) is 1. The summed E-state index contributed by atoms with van der Waals surface area (Å²) >= 11 is 0. The van der Waals surface area contributed by atoms with Gasteiger partial charge in [-0.05, 0) is 19.0 Å². The molecule has 0 bridgehead atoms. The van der Waals surface area contributed by atoms with E-state index in [9.17, 15) is 4.79 Å². The van der Waals surface area contributed by atoms with E-state index in [1.807, 2.05) is 30.3 Å². The van der Waals surface area contributed by atoms with Crippen LogP contribution in [0.25, 0.3) is 0 Å². The fourth-order valence-electron chi connectivity index (χ4n) is 1.48. The van der Waals surface area contributed by atoms with E-state index < -0.39 is 0 Å². The summed E-state index contributed by atoms with van der Waals surface area (Å²) in [5, 5.41) is 0. The van der Waals surface area contributed by atoms with E-state index in [4.69, 9.17) is 10.5 Å². The SMILES string of the molecule is CCOC(=O)C[C@H](CN)c1ccccc1. The smallest absolute Gasteiger partial charge is 0.306 e. The van der Waals surface area contributed by atoms with Crippen LogP contribution in [0.15, 0.2) is 30.3 Å². The van der Waals surface area contributed by atoms with Gasteiger partial charge < -0.3 is 10.5 Å². The van der Waals surface area contributed by atoms with Crippen LogP contribution in [-0.4, -0.2) is 19.1 Å². The van der Waals surface area contributed by atoms with Crippen LogP contribution in [0.1, 0.15) is 24.8 Å². The number of esters is 1. The molecule has 1 rings (SSSR count). The molecule has 82 valence electrons. The highest BCUT2D eigenvalue weighted by molar-refractivity contribution is 5.70. The minimum atomic E-state index is -0.184. The number of rotatable bonds is 5. The second-order valence-corrected chi connectivity index (χ2v) is 3.35. The molecule has 0 aliphatic rings. The van der Waals surface area contributed by atoms with Crippen molar-refractivity contribution in [3.8, 4) is 0 Å². The Morgan fingerprint density at radius 3 is 2.60 bits per heavy atom. The van der Waals surface area contributed by atoms with Crippen molar-refractivity contribution < 1.29 is 9.53 Å². The van der Waals surface area contributed by atoms with Crippen LogP contribution < -0.4 is 5.73 Å². The molecule has 2 N–H and O–H groups in total. The Balaban J connectivity index is 2.61. The molecule has 0 unspecified atom stereocenters. The number of carbonyl (C=O) groups excluding carboxylic acids is 1. The number of benzene rings is 1. The van der Waals surface area contributed by atoms with E-state index in [-0.39, 0.29) is 11.9 Å². The van der Waals surface area contributed by atoms with Crippen LogP contribution in [0, 0.1) is 0 Å². The lowest BCUT2D eigenvalue weighted by Crippen LogP contribution is -2.17. The van der Waals surface area contributed by atoms with Crippen molar-refractivity contribution in [1.82, 2.24) is 0 Å². The Hall–Kier alpha value is -1.35. The monoisotopic (exact) mass is 207 g/mol. The third kappa shape index (κ3) is 3.72. The molecule has 3 nitrogen and oxygen atoms in total. The lowest BCUT2D eigenvalue weighted by atomic mass is 9.96. The number of nitrogens with two attached hydrogens (primary N) is 1.